The summed E-state index contributed by atoms with van der Waals surface area (Å²) in [6.07, 6.45) is 2.32. The molecule has 1 aromatic heterocycles. The van der Waals surface area contributed by atoms with Gasteiger partial charge in [-0.05, 0) is 6.42 Å². The van der Waals surface area contributed by atoms with Crippen molar-refractivity contribution in [1.82, 2.24) is 10.1 Å². The van der Waals surface area contributed by atoms with Gasteiger partial charge >= 0.3 is 0 Å². The normalized spacial score (nSPS) is 12.8. The third kappa shape index (κ3) is 6.09. The topological polar surface area (TPSA) is 77.6 Å². The summed E-state index contributed by atoms with van der Waals surface area (Å²) in [4.78, 5) is 4.20. The smallest absolute Gasteiger partial charge is 0.229 e. The summed E-state index contributed by atoms with van der Waals surface area (Å²) in [5.41, 5.74) is 0. The van der Waals surface area contributed by atoms with Crippen molar-refractivity contribution >= 4 is 0 Å². The largest absolute Gasteiger partial charge is 0.393 e. The molecule has 0 fully saturated rings. The summed E-state index contributed by atoms with van der Waals surface area (Å²) in [6.45, 7) is 3.72. The molecule has 6 heteroatoms. The van der Waals surface area contributed by atoms with Crippen LogP contribution in [-0.2, 0) is 22.3 Å². The fraction of sp³-hybridized carbons (Fsp3) is 0.833. The molecule has 1 aromatic rings. The van der Waals surface area contributed by atoms with Gasteiger partial charge in [0.05, 0.1) is 32.3 Å². The molecule has 0 aliphatic carbocycles. The van der Waals surface area contributed by atoms with E-state index in [2.05, 4.69) is 10.1 Å². The van der Waals surface area contributed by atoms with Crippen molar-refractivity contribution in [2.24, 2.45) is 0 Å². The monoisotopic (exact) mass is 258 g/mol. The highest BCUT2D eigenvalue weighted by Crippen LogP contribution is 2.06. The molecule has 1 heterocycles. The maximum absolute atomic E-state index is 9.62. The molecule has 0 aliphatic rings. The summed E-state index contributed by atoms with van der Waals surface area (Å²) in [5, 5.41) is 13.5. The Kier molecular flexibility index (Phi) is 7.55. The second-order valence-corrected chi connectivity index (χ2v) is 4.11. The zero-order chi connectivity index (χ0) is 13.2. The molecule has 0 amide bonds. The molecule has 6 nitrogen and oxygen atoms in total. The van der Waals surface area contributed by atoms with Crippen molar-refractivity contribution in [1.29, 1.82) is 0 Å². The fourth-order valence-electron chi connectivity index (χ4n) is 1.52. The van der Waals surface area contributed by atoms with Gasteiger partial charge in [-0.3, -0.25) is 0 Å². The van der Waals surface area contributed by atoms with Gasteiger partial charge in [0.2, 0.25) is 5.89 Å². The second-order valence-electron chi connectivity index (χ2n) is 4.11. The highest BCUT2D eigenvalue weighted by molar-refractivity contribution is 4.88. The zero-order valence-corrected chi connectivity index (χ0v) is 11.1. The van der Waals surface area contributed by atoms with E-state index < -0.39 is 6.10 Å². The van der Waals surface area contributed by atoms with Crippen molar-refractivity contribution in [3.63, 3.8) is 0 Å². The first-order valence-electron chi connectivity index (χ1n) is 6.32. The zero-order valence-electron chi connectivity index (χ0n) is 11.1. The van der Waals surface area contributed by atoms with E-state index in [1.165, 1.54) is 0 Å². The van der Waals surface area contributed by atoms with Crippen LogP contribution < -0.4 is 0 Å². The van der Waals surface area contributed by atoms with Crippen LogP contribution >= 0.6 is 0 Å². The van der Waals surface area contributed by atoms with Crippen LogP contribution in [0.25, 0.3) is 0 Å². The lowest BCUT2D eigenvalue weighted by Crippen LogP contribution is -2.10. The lowest BCUT2D eigenvalue weighted by molar-refractivity contribution is 0.0714. The number of aliphatic hydroxyl groups is 1. The molecule has 0 aliphatic heterocycles. The first-order valence-corrected chi connectivity index (χ1v) is 6.32. The average Bonchev–Trinajstić information content (AvgIpc) is 2.77. The Labute approximate surface area is 107 Å². The quantitative estimate of drug-likeness (QED) is 0.630. The molecule has 18 heavy (non-hydrogen) atoms. The molecular weight excluding hydrogens is 236 g/mol. The van der Waals surface area contributed by atoms with Crippen LogP contribution in [0.1, 0.15) is 31.5 Å². The predicted octanol–water partition coefficient (Wildman–Crippen LogP) is 0.979. The Morgan fingerprint density at radius 1 is 1.33 bits per heavy atom. The minimum atomic E-state index is -0.402. The molecule has 1 rings (SSSR count). The molecular formula is C12H22N2O4. The number of hydrogen-bond acceptors (Lipinski definition) is 6. The first kappa shape index (κ1) is 15.1. The number of hydrogen-bond donors (Lipinski definition) is 1. The van der Waals surface area contributed by atoms with Crippen LogP contribution in [0, 0.1) is 0 Å². The molecule has 1 unspecified atom stereocenters. The predicted molar refractivity (Wildman–Crippen MR) is 65.3 cm³/mol. The van der Waals surface area contributed by atoms with E-state index in [0.717, 1.165) is 12.8 Å². The van der Waals surface area contributed by atoms with E-state index >= 15 is 0 Å². The van der Waals surface area contributed by atoms with Gasteiger partial charge in [-0.15, -0.1) is 0 Å². The SMILES string of the molecule is CCCC(O)Cc1nc(CCOCCOC)no1. The minimum absolute atomic E-state index is 0.402. The number of rotatable bonds is 10. The van der Waals surface area contributed by atoms with E-state index in [9.17, 15) is 5.11 Å². The van der Waals surface area contributed by atoms with E-state index in [4.69, 9.17) is 14.0 Å². The average molecular weight is 258 g/mol. The molecule has 0 aromatic carbocycles. The second kappa shape index (κ2) is 9.02. The number of nitrogens with zero attached hydrogens (tertiary/aromatic N) is 2. The maximum atomic E-state index is 9.62. The van der Waals surface area contributed by atoms with Crippen molar-refractivity contribution in [2.75, 3.05) is 26.9 Å². The summed E-state index contributed by atoms with van der Waals surface area (Å²) < 4.78 is 15.2. The third-order valence-corrected chi connectivity index (χ3v) is 2.44. The fourth-order valence-corrected chi connectivity index (χ4v) is 1.52. The van der Waals surface area contributed by atoms with Crippen molar-refractivity contribution in [2.45, 2.75) is 38.7 Å². The van der Waals surface area contributed by atoms with Gasteiger partial charge in [0, 0.05) is 13.5 Å². The van der Waals surface area contributed by atoms with Gasteiger partial charge in [-0.1, -0.05) is 18.5 Å². The Morgan fingerprint density at radius 3 is 2.89 bits per heavy atom. The van der Waals surface area contributed by atoms with Crippen LogP contribution in [0.3, 0.4) is 0 Å². The van der Waals surface area contributed by atoms with E-state index in [0.29, 0.717) is 44.4 Å². The van der Waals surface area contributed by atoms with Gasteiger partial charge in [0.1, 0.15) is 0 Å². The molecule has 1 atom stereocenters. The van der Waals surface area contributed by atoms with Crippen LogP contribution in [0.5, 0.6) is 0 Å². The molecule has 0 saturated carbocycles. The van der Waals surface area contributed by atoms with Gasteiger partial charge in [-0.2, -0.15) is 4.98 Å². The van der Waals surface area contributed by atoms with Crippen molar-refractivity contribution in [3.05, 3.63) is 11.7 Å². The van der Waals surface area contributed by atoms with Crippen LogP contribution in [0.15, 0.2) is 4.52 Å². The molecule has 104 valence electrons. The van der Waals surface area contributed by atoms with Gasteiger partial charge in [0.25, 0.3) is 0 Å². The maximum Gasteiger partial charge on any atom is 0.229 e. The lowest BCUT2D eigenvalue weighted by atomic mass is 10.1. The van der Waals surface area contributed by atoms with Crippen molar-refractivity contribution in [3.8, 4) is 0 Å². The summed E-state index contributed by atoms with van der Waals surface area (Å²) >= 11 is 0. The van der Waals surface area contributed by atoms with E-state index in [1.807, 2.05) is 6.92 Å². The van der Waals surface area contributed by atoms with Crippen molar-refractivity contribution < 1.29 is 19.1 Å². The van der Waals surface area contributed by atoms with Crippen LogP contribution in [0.4, 0.5) is 0 Å². The Hall–Kier alpha value is -0.980. The van der Waals surface area contributed by atoms with Gasteiger partial charge in [0.15, 0.2) is 5.82 Å². The van der Waals surface area contributed by atoms with E-state index in [1.54, 1.807) is 7.11 Å². The lowest BCUT2D eigenvalue weighted by Gasteiger charge is -2.03. The number of ether oxygens (including phenoxy) is 2. The highest BCUT2D eigenvalue weighted by atomic mass is 16.5. The van der Waals surface area contributed by atoms with Crippen LogP contribution in [-0.4, -0.2) is 48.3 Å². The Balaban J connectivity index is 2.21. The highest BCUT2D eigenvalue weighted by Gasteiger charge is 2.11. The van der Waals surface area contributed by atoms with E-state index in [-0.39, 0.29) is 0 Å². The third-order valence-electron chi connectivity index (χ3n) is 2.44. The summed E-state index contributed by atoms with van der Waals surface area (Å²) in [6, 6.07) is 0. The molecule has 1 N–H and O–H groups in total. The molecule has 0 saturated heterocycles. The standard InChI is InChI=1S/C12H22N2O4/c1-3-4-10(15)9-12-13-11(14-18-12)5-6-17-8-7-16-2/h10,15H,3-9H2,1-2H3. The Bertz CT molecular complexity index is 317. The Morgan fingerprint density at radius 2 is 2.17 bits per heavy atom. The van der Waals surface area contributed by atoms with Gasteiger partial charge < -0.3 is 19.1 Å². The number of methoxy groups -OCH3 is 1. The van der Waals surface area contributed by atoms with Crippen LogP contribution in [0.2, 0.25) is 0 Å². The summed E-state index contributed by atoms with van der Waals surface area (Å²) in [5.74, 6) is 1.11. The molecule has 0 spiro atoms. The first-order chi connectivity index (χ1) is 8.76. The molecule has 0 radical (unpaired) electrons. The molecule has 0 bridgehead atoms. The number of aliphatic hydroxyl groups excluding tert-OH is 1. The van der Waals surface area contributed by atoms with Gasteiger partial charge in [-0.25, -0.2) is 0 Å². The summed E-state index contributed by atoms with van der Waals surface area (Å²) in [7, 11) is 1.64. The minimum Gasteiger partial charge on any atom is -0.393 e. The number of aromatic nitrogens is 2.